The van der Waals surface area contributed by atoms with Crippen LogP contribution in [0.1, 0.15) is 56.1 Å². The summed E-state index contributed by atoms with van der Waals surface area (Å²) in [5.74, 6) is 1.18. The number of ether oxygens (including phenoxy) is 1. The number of aromatic nitrogens is 4. The molecule has 0 bridgehead atoms. The first-order valence-electron chi connectivity index (χ1n) is 8.73. The van der Waals surface area contributed by atoms with E-state index in [1.54, 1.807) is 18.7 Å². The molecule has 7 heteroatoms. The van der Waals surface area contributed by atoms with Crippen molar-refractivity contribution in [1.29, 1.82) is 0 Å². The van der Waals surface area contributed by atoms with Gasteiger partial charge in [-0.15, -0.1) is 10.2 Å². The van der Waals surface area contributed by atoms with Crippen LogP contribution < -0.4 is 0 Å². The van der Waals surface area contributed by atoms with Crippen molar-refractivity contribution in [1.82, 2.24) is 24.6 Å². The quantitative estimate of drug-likeness (QED) is 0.776. The Morgan fingerprint density at radius 3 is 2.68 bits per heavy atom. The van der Waals surface area contributed by atoms with E-state index in [-0.39, 0.29) is 5.97 Å². The summed E-state index contributed by atoms with van der Waals surface area (Å²) in [4.78, 5) is 18.7. The van der Waals surface area contributed by atoms with Crippen LogP contribution >= 0.6 is 0 Å². The maximum Gasteiger partial charge on any atom is 0.327 e. The molecule has 3 rings (SSSR count). The van der Waals surface area contributed by atoms with E-state index in [4.69, 9.17) is 4.74 Å². The summed E-state index contributed by atoms with van der Waals surface area (Å²) in [6, 6.07) is 3.73. The molecule has 2 aromatic heterocycles. The van der Waals surface area contributed by atoms with Crippen LogP contribution in [-0.4, -0.2) is 50.8 Å². The standard InChI is InChI=1S/C18H25N5O2/c1-13(2)23-12-20-21-17(23)14-6-9-22(10-7-14)16(18(24)25-3)15-5-4-8-19-11-15/h4-5,8,11-14,16H,6-7,9-10H2,1-3H3. The molecular weight excluding hydrogens is 318 g/mol. The van der Waals surface area contributed by atoms with Crippen molar-refractivity contribution in [2.24, 2.45) is 0 Å². The number of hydrogen-bond acceptors (Lipinski definition) is 6. The molecule has 2 aromatic rings. The Balaban J connectivity index is 1.73. The van der Waals surface area contributed by atoms with E-state index in [9.17, 15) is 4.79 Å². The topological polar surface area (TPSA) is 73.1 Å². The zero-order valence-electron chi connectivity index (χ0n) is 15.0. The molecule has 0 N–H and O–H groups in total. The van der Waals surface area contributed by atoms with Gasteiger partial charge in [0, 0.05) is 24.4 Å². The number of hydrogen-bond donors (Lipinski definition) is 0. The predicted molar refractivity (Wildman–Crippen MR) is 92.9 cm³/mol. The van der Waals surface area contributed by atoms with E-state index >= 15 is 0 Å². The molecule has 3 heterocycles. The molecular formula is C18H25N5O2. The zero-order valence-corrected chi connectivity index (χ0v) is 15.0. The summed E-state index contributed by atoms with van der Waals surface area (Å²) in [6.45, 7) is 5.89. The van der Waals surface area contributed by atoms with Crippen molar-refractivity contribution in [3.63, 3.8) is 0 Å². The van der Waals surface area contributed by atoms with Crippen LogP contribution in [0.5, 0.6) is 0 Å². The summed E-state index contributed by atoms with van der Waals surface area (Å²) < 4.78 is 7.17. The highest BCUT2D eigenvalue weighted by atomic mass is 16.5. The van der Waals surface area contributed by atoms with Gasteiger partial charge in [-0.1, -0.05) is 6.07 Å². The summed E-state index contributed by atoms with van der Waals surface area (Å²) >= 11 is 0. The molecule has 134 valence electrons. The molecule has 0 aromatic carbocycles. The Bertz CT molecular complexity index is 693. The predicted octanol–water partition coefficient (Wildman–Crippen LogP) is 2.35. The fraction of sp³-hybridized carbons (Fsp3) is 0.556. The molecule has 1 unspecified atom stereocenters. The number of rotatable bonds is 5. The molecule has 1 atom stereocenters. The molecule has 1 aliphatic rings. The monoisotopic (exact) mass is 343 g/mol. The van der Waals surface area contributed by atoms with Crippen molar-refractivity contribution in [3.05, 3.63) is 42.2 Å². The van der Waals surface area contributed by atoms with E-state index in [0.29, 0.717) is 12.0 Å². The number of pyridine rings is 1. The normalized spacial score (nSPS) is 17.6. The third-order valence-electron chi connectivity index (χ3n) is 4.84. The molecule has 0 aliphatic carbocycles. The van der Waals surface area contributed by atoms with E-state index < -0.39 is 6.04 Å². The van der Waals surface area contributed by atoms with Crippen LogP contribution in [0.2, 0.25) is 0 Å². The maximum absolute atomic E-state index is 12.3. The highest BCUT2D eigenvalue weighted by Gasteiger charge is 2.33. The molecule has 1 aliphatic heterocycles. The van der Waals surface area contributed by atoms with Gasteiger partial charge < -0.3 is 9.30 Å². The van der Waals surface area contributed by atoms with E-state index in [1.807, 2.05) is 12.1 Å². The molecule has 1 saturated heterocycles. The Kier molecular flexibility index (Phi) is 5.43. The first-order chi connectivity index (χ1) is 12.1. The third kappa shape index (κ3) is 3.71. The van der Waals surface area contributed by atoms with Gasteiger partial charge in [-0.3, -0.25) is 9.88 Å². The van der Waals surface area contributed by atoms with Crippen LogP contribution in [0.4, 0.5) is 0 Å². The lowest BCUT2D eigenvalue weighted by molar-refractivity contribution is -0.147. The van der Waals surface area contributed by atoms with Gasteiger partial charge in [-0.2, -0.15) is 0 Å². The average molecular weight is 343 g/mol. The summed E-state index contributed by atoms with van der Waals surface area (Å²) in [7, 11) is 1.43. The van der Waals surface area contributed by atoms with Gasteiger partial charge in [0.1, 0.15) is 18.2 Å². The largest absolute Gasteiger partial charge is 0.468 e. The highest BCUT2D eigenvalue weighted by Crippen LogP contribution is 2.32. The number of carbonyl (C=O) groups is 1. The van der Waals surface area contributed by atoms with Gasteiger partial charge in [0.2, 0.25) is 0 Å². The van der Waals surface area contributed by atoms with Crippen molar-refractivity contribution in [2.75, 3.05) is 20.2 Å². The number of esters is 1. The van der Waals surface area contributed by atoms with Crippen molar-refractivity contribution < 1.29 is 9.53 Å². The minimum absolute atomic E-state index is 0.239. The fourth-order valence-corrected chi connectivity index (χ4v) is 3.50. The second kappa shape index (κ2) is 7.74. The van der Waals surface area contributed by atoms with Gasteiger partial charge in [-0.25, -0.2) is 4.79 Å². The van der Waals surface area contributed by atoms with Crippen LogP contribution in [0.15, 0.2) is 30.9 Å². The Morgan fingerprint density at radius 2 is 2.08 bits per heavy atom. The molecule has 0 saturated carbocycles. The van der Waals surface area contributed by atoms with Gasteiger partial charge in [0.15, 0.2) is 0 Å². The molecule has 7 nitrogen and oxygen atoms in total. The van der Waals surface area contributed by atoms with Gasteiger partial charge in [0.05, 0.1) is 7.11 Å². The summed E-state index contributed by atoms with van der Waals surface area (Å²) in [6.07, 6.45) is 7.14. The molecule has 0 radical (unpaired) electrons. The number of methoxy groups -OCH3 is 1. The lowest BCUT2D eigenvalue weighted by atomic mass is 9.93. The minimum Gasteiger partial charge on any atom is -0.468 e. The first-order valence-corrected chi connectivity index (χ1v) is 8.73. The average Bonchev–Trinajstić information content (AvgIpc) is 3.13. The molecule has 0 spiro atoms. The van der Waals surface area contributed by atoms with Crippen LogP contribution in [0, 0.1) is 0 Å². The first kappa shape index (κ1) is 17.5. The second-order valence-electron chi connectivity index (χ2n) is 6.71. The lowest BCUT2D eigenvalue weighted by Crippen LogP contribution is -2.40. The van der Waals surface area contributed by atoms with E-state index in [2.05, 4.69) is 38.5 Å². The fourth-order valence-electron chi connectivity index (χ4n) is 3.50. The highest BCUT2D eigenvalue weighted by molar-refractivity contribution is 5.77. The maximum atomic E-state index is 12.3. The Labute approximate surface area is 148 Å². The molecule has 1 fully saturated rings. The lowest BCUT2D eigenvalue weighted by Gasteiger charge is -2.36. The smallest absolute Gasteiger partial charge is 0.327 e. The number of likely N-dealkylation sites (tertiary alicyclic amines) is 1. The van der Waals surface area contributed by atoms with Crippen molar-refractivity contribution in [3.8, 4) is 0 Å². The van der Waals surface area contributed by atoms with E-state index in [0.717, 1.165) is 37.3 Å². The Hall–Kier alpha value is -2.28. The van der Waals surface area contributed by atoms with Gasteiger partial charge in [0.25, 0.3) is 0 Å². The SMILES string of the molecule is COC(=O)C(c1cccnc1)N1CCC(c2nncn2C(C)C)CC1. The summed E-state index contributed by atoms with van der Waals surface area (Å²) in [5.41, 5.74) is 0.873. The number of piperidine rings is 1. The van der Waals surface area contributed by atoms with E-state index in [1.165, 1.54) is 7.11 Å². The minimum atomic E-state index is -0.400. The van der Waals surface area contributed by atoms with Crippen molar-refractivity contribution >= 4 is 5.97 Å². The Morgan fingerprint density at radius 1 is 1.32 bits per heavy atom. The van der Waals surface area contributed by atoms with Gasteiger partial charge >= 0.3 is 5.97 Å². The van der Waals surface area contributed by atoms with Crippen LogP contribution in [0.25, 0.3) is 0 Å². The molecule has 25 heavy (non-hydrogen) atoms. The summed E-state index contributed by atoms with van der Waals surface area (Å²) in [5, 5.41) is 8.41. The third-order valence-corrected chi connectivity index (χ3v) is 4.84. The van der Waals surface area contributed by atoms with Crippen LogP contribution in [-0.2, 0) is 9.53 Å². The molecule has 0 amide bonds. The van der Waals surface area contributed by atoms with Gasteiger partial charge in [-0.05, 0) is 51.4 Å². The number of carbonyl (C=O) groups excluding carboxylic acids is 1. The number of nitrogens with zero attached hydrogens (tertiary/aromatic N) is 5. The van der Waals surface area contributed by atoms with Crippen LogP contribution in [0.3, 0.4) is 0 Å². The van der Waals surface area contributed by atoms with Crippen molar-refractivity contribution in [2.45, 2.75) is 44.7 Å². The zero-order chi connectivity index (χ0) is 17.8. The second-order valence-corrected chi connectivity index (χ2v) is 6.71.